The van der Waals surface area contributed by atoms with Crippen LogP contribution in [0.15, 0.2) is 46.5 Å². The molecule has 1 atom stereocenters. The first kappa shape index (κ1) is 18.5. The molecule has 29 heavy (non-hydrogen) atoms. The molecule has 0 bridgehead atoms. The second-order valence-corrected chi connectivity index (χ2v) is 8.82. The lowest BCUT2D eigenvalue weighted by molar-refractivity contribution is -0.000371. The summed E-state index contributed by atoms with van der Waals surface area (Å²) >= 11 is 0. The highest BCUT2D eigenvalue weighted by molar-refractivity contribution is 6.41. The number of pyridine rings is 1. The Morgan fingerprint density at radius 2 is 1.79 bits per heavy atom. The third-order valence-electron chi connectivity index (χ3n) is 7.19. The summed E-state index contributed by atoms with van der Waals surface area (Å²) in [6, 6.07) is 11.0. The number of amidine groups is 1. The van der Waals surface area contributed by atoms with Crippen LogP contribution in [0.4, 0.5) is 0 Å². The lowest BCUT2D eigenvalue weighted by Gasteiger charge is -2.44. The topological polar surface area (TPSA) is 72.9 Å². The van der Waals surface area contributed by atoms with Crippen molar-refractivity contribution in [3.63, 3.8) is 0 Å². The van der Waals surface area contributed by atoms with Crippen molar-refractivity contribution in [2.45, 2.75) is 57.7 Å². The van der Waals surface area contributed by atoms with Crippen LogP contribution in [-0.2, 0) is 16.8 Å². The number of aryl methyl sites for hydroxylation is 1. The van der Waals surface area contributed by atoms with Crippen molar-refractivity contribution in [1.29, 1.82) is 0 Å². The SMILES string of the molecule is CO[C@H]1CC[C@]2(CC1)Cc1ccc(-c3ccnc(C)c3)cc1C21N=C(C)C(N)=N1. The maximum absolute atomic E-state index is 6.29. The third-order valence-corrected chi connectivity index (χ3v) is 7.19. The smallest absolute Gasteiger partial charge is 0.184 e. The van der Waals surface area contributed by atoms with Gasteiger partial charge in [-0.05, 0) is 80.8 Å². The molecule has 150 valence electrons. The second kappa shape index (κ2) is 6.49. The lowest BCUT2D eigenvalue weighted by atomic mass is 9.65. The molecule has 1 unspecified atom stereocenters. The summed E-state index contributed by atoms with van der Waals surface area (Å²) in [5.74, 6) is 0.580. The quantitative estimate of drug-likeness (QED) is 0.839. The fourth-order valence-corrected chi connectivity index (χ4v) is 5.58. The van der Waals surface area contributed by atoms with Crippen molar-refractivity contribution in [3.05, 3.63) is 53.3 Å². The summed E-state index contributed by atoms with van der Waals surface area (Å²) in [5, 5.41) is 0. The van der Waals surface area contributed by atoms with Crippen molar-refractivity contribution >= 4 is 11.5 Å². The van der Waals surface area contributed by atoms with Crippen LogP contribution < -0.4 is 5.73 Å². The lowest BCUT2D eigenvalue weighted by Crippen LogP contribution is -2.43. The van der Waals surface area contributed by atoms with E-state index in [1.807, 2.05) is 27.2 Å². The average molecular weight is 389 g/mol. The number of fused-ring (bicyclic) bond motifs is 3. The number of hydrogen-bond donors (Lipinski definition) is 1. The molecule has 0 amide bonds. The fourth-order valence-electron chi connectivity index (χ4n) is 5.58. The summed E-state index contributed by atoms with van der Waals surface area (Å²) < 4.78 is 5.65. The summed E-state index contributed by atoms with van der Waals surface area (Å²) in [7, 11) is 1.82. The van der Waals surface area contributed by atoms with Crippen molar-refractivity contribution in [3.8, 4) is 11.1 Å². The summed E-state index contributed by atoms with van der Waals surface area (Å²) in [6.45, 7) is 4.01. The van der Waals surface area contributed by atoms with Crippen molar-refractivity contribution in [2.75, 3.05) is 7.11 Å². The minimum absolute atomic E-state index is 0.0144. The Kier molecular flexibility index (Phi) is 4.14. The van der Waals surface area contributed by atoms with Crippen LogP contribution in [0.25, 0.3) is 11.1 Å². The van der Waals surface area contributed by atoms with Gasteiger partial charge in [0, 0.05) is 30.0 Å². The average Bonchev–Trinajstić information content (AvgIpc) is 3.16. The number of benzene rings is 1. The van der Waals surface area contributed by atoms with Gasteiger partial charge in [0.2, 0.25) is 0 Å². The van der Waals surface area contributed by atoms with Crippen LogP contribution in [0.1, 0.15) is 49.4 Å². The summed E-state index contributed by atoms with van der Waals surface area (Å²) in [6.07, 6.45) is 7.41. The minimum Gasteiger partial charge on any atom is -0.382 e. The Labute approximate surface area is 172 Å². The Bertz CT molecular complexity index is 1010. The van der Waals surface area contributed by atoms with Crippen molar-refractivity contribution in [1.82, 2.24) is 4.98 Å². The molecule has 1 saturated carbocycles. The Hall–Kier alpha value is -2.53. The number of ether oxygens (including phenoxy) is 1. The molecule has 5 nitrogen and oxygen atoms in total. The summed E-state index contributed by atoms with van der Waals surface area (Å²) in [5.41, 5.74) is 12.5. The van der Waals surface area contributed by atoms with E-state index < -0.39 is 5.66 Å². The fraction of sp³-hybridized carbons (Fsp3) is 0.458. The van der Waals surface area contributed by atoms with E-state index in [0.29, 0.717) is 11.9 Å². The predicted molar refractivity (Wildman–Crippen MR) is 116 cm³/mol. The molecule has 1 aromatic carbocycles. The van der Waals surface area contributed by atoms with Gasteiger partial charge in [0.15, 0.2) is 5.66 Å². The first-order valence-corrected chi connectivity index (χ1v) is 10.5. The predicted octanol–water partition coefficient (Wildman–Crippen LogP) is 4.17. The molecular weight excluding hydrogens is 360 g/mol. The van der Waals surface area contributed by atoms with Crippen molar-refractivity contribution in [2.24, 2.45) is 21.1 Å². The molecule has 5 heteroatoms. The van der Waals surface area contributed by atoms with E-state index in [2.05, 4.69) is 35.3 Å². The van der Waals surface area contributed by atoms with Gasteiger partial charge in [-0.3, -0.25) is 9.98 Å². The van der Waals surface area contributed by atoms with Crippen LogP contribution in [0.5, 0.6) is 0 Å². The van der Waals surface area contributed by atoms with Gasteiger partial charge in [-0.2, -0.15) is 0 Å². The molecule has 0 radical (unpaired) electrons. The largest absolute Gasteiger partial charge is 0.382 e. The first-order chi connectivity index (χ1) is 14.0. The van der Waals surface area contributed by atoms with Gasteiger partial charge < -0.3 is 10.5 Å². The zero-order valence-corrected chi connectivity index (χ0v) is 17.4. The van der Waals surface area contributed by atoms with E-state index in [-0.39, 0.29) is 5.41 Å². The van der Waals surface area contributed by atoms with E-state index in [0.717, 1.165) is 43.5 Å². The van der Waals surface area contributed by atoms with Crippen LogP contribution in [0.3, 0.4) is 0 Å². The standard InChI is InChI=1S/C24H28N4O/c1-15-12-18(8-11-26-15)17-4-5-19-14-23(9-6-20(29-3)7-10-23)24(21(19)13-17)27-16(2)22(25)28-24/h4-5,8,11-13,20H,6-7,9-10,14H2,1-3H3,(H2,25,28)/t20-,23-,24?. The normalized spacial score (nSPS) is 30.5. The first-order valence-electron chi connectivity index (χ1n) is 10.5. The molecule has 2 spiro atoms. The number of methoxy groups -OCH3 is 1. The molecule has 2 heterocycles. The highest BCUT2D eigenvalue weighted by Gasteiger charge is 2.60. The van der Waals surface area contributed by atoms with E-state index in [1.165, 1.54) is 22.3 Å². The molecule has 1 aromatic heterocycles. The van der Waals surface area contributed by atoms with Gasteiger partial charge in [0.1, 0.15) is 5.84 Å². The van der Waals surface area contributed by atoms with Gasteiger partial charge in [-0.25, -0.2) is 4.99 Å². The van der Waals surface area contributed by atoms with Gasteiger partial charge >= 0.3 is 0 Å². The van der Waals surface area contributed by atoms with E-state index in [9.17, 15) is 0 Å². The molecule has 2 N–H and O–H groups in total. The van der Waals surface area contributed by atoms with Crippen LogP contribution in [-0.4, -0.2) is 29.7 Å². The number of hydrogen-bond acceptors (Lipinski definition) is 5. The van der Waals surface area contributed by atoms with Crippen molar-refractivity contribution < 1.29 is 4.74 Å². The van der Waals surface area contributed by atoms with Crippen LogP contribution in [0, 0.1) is 12.3 Å². The maximum Gasteiger partial charge on any atom is 0.184 e. The zero-order valence-electron chi connectivity index (χ0n) is 17.4. The monoisotopic (exact) mass is 388 g/mol. The van der Waals surface area contributed by atoms with Gasteiger partial charge in [-0.1, -0.05) is 12.1 Å². The van der Waals surface area contributed by atoms with Crippen LogP contribution >= 0.6 is 0 Å². The summed E-state index contributed by atoms with van der Waals surface area (Å²) in [4.78, 5) is 14.6. The van der Waals surface area contributed by atoms with Crippen LogP contribution in [0.2, 0.25) is 0 Å². The number of rotatable bonds is 2. The zero-order chi connectivity index (χ0) is 20.2. The third kappa shape index (κ3) is 2.67. The molecule has 3 aliphatic rings. The maximum atomic E-state index is 6.29. The highest BCUT2D eigenvalue weighted by Crippen LogP contribution is 2.62. The van der Waals surface area contributed by atoms with Gasteiger partial charge in [-0.15, -0.1) is 0 Å². The number of nitrogens with zero attached hydrogens (tertiary/aromatic N) is 3. The Morgan fingerprint density at radius 1 is 1.03 bits per heavy atom. The molecule has 1 fully saturated rings. The van der Waals surface area contributed by atoms with E-state index in [1.54, 1.807) is 0 Å². The molecule has 1 aliphatic heterocycles. The van der Waals surface area contributed by atoms with E-state index >= 15 is 0 Å². The number of aromatic nitrogens is 1. The Morgan fingerprint density at radius 3 is 2.45 bits per heavy atom. The number of nitrogens with two attached hydrogens (primary N) is 1. The van der Waals surface area contributed by atoms with E-state index in [4.69, 9.17) is 20.5 Å². The molecular formula is C24H28N4O. The number of aliphatic imine (C=N–C) groups is 2. The minimum atomic E-state index is -0.590. The van der Waals surface area contributed by atoms with Gasteiger partial charge in [0.25, 0.3) is 0 Å². The Balaban J connectivity index is 1.65. The molecule has 2 aromatic rings. The van der Waals surface area contributed by atoms with Gasteiger partial charge in [0.05, 0.1) is 11.8 Å². The molecule has 5 rings (SSSR count). The molecule has 0 saturated heterocycles. The highest BCUT2D eigenvalue weighted by atomic mass is 16.5. The molecule has 2 aliphatic carbocycles. The second-order valence-electron chi connectivity index (χ2n) is 8.82.